The SMILES string of the molecule is C/N=C(\N)c1ccc(OC(C)(C)C)c(C(F)(F)F)c1. The summed E-state index contributed by atoms with van der Waals surface area (Å²) >= 11 is 0. The minimum Gasteiger partial charge on any atom is -0.488 e. The molecule has 2 N–H and O–H groups in total. The molecule has 0 bridgehead atoms. The van der Waals surface area contributed by atoms with Gasteiger partial charge in [0.2, 0.25) is 0 Å². The minimum absolute atomic E-state index is 0.0489. The summed E-state index contributed by atoms with van der Waals surface area (Å²) in [6, 6.07) is 3.67. The molecular formula is C13H17F3N2O. The number of nitrogens with zero attached hydrogens (tertiary/aromatic N) is 1. The molecule has 0 atom stereocenters. The number of benzene rings is 1. The van der Waals surface area contributed by atoms with Crippen LogP contribution in [0.3, 0.4) is 0 Å². The Bertz CT molecular complexity index is 488. The quantitative estimate of drug-likeness (QED) is 0.665. The Morgan fingerprint density at radius 2 is 1.79 bits per heavy atom. The van der Waals surface area contributed by atoms with Crippen LogP contribution in [0.1, 0.15) is 31.9 Å². The van der Waals surface area contributed by atoms with Crippen LogP contribution < -0.4 is 10.5 Å². The maximum atomic E-state index is 13.0. The highest BCUT2D eigenvalue weighted by atomic mass is 19.4. The zero-order chi connectivity index (χ0) is 14.8. The highest BCUT2D eigenvalue weighted by Crippen LogP contribution is 2.38. The van der Waals surface area contributed by atoms with Crippen LogP contribution >= 0.6 is 0 Å². The van der Waals surface area contributed by atoms with Crippen molar-refractivity contribution in [2.75, 3.05) is 7.05 Å². The van der Waals surface area contributed by atoms with Crippen LogP contribution in [0.5, 0.6) is 5.75 Å². The summed E-state index contributed by atoms with van der Waals surface area (Å²) in [5, 5.41) is 0. The van der Waals surface area contributed by atoms with E-state index in [2.05, 4.69) is 4.99 Å². The van der Waals surface area contributed by atoms with E-state index in [4.69, 9.17) is 10.5 Å². The van der Waals surface area contributed by atoms with Gasteiger partial charge in [-0.2, -0.15) is 13.2 Å². The van der Waals surface area contributed by atoms with Gasteiger partial charge in [0, 0.05) is 12.6 Å². The molecule has 0 aliphatic heterocycles. The van der Waals surface area contributed by atoms with Crippen molar-refractivity contribution >= 4 is 5.84 Å². The maximum Gasteiger partial charge on any atom is 0.419 e. The Labute approximate surface area is 110 Å². The van der Waals surface area contributed by atoms with Crippen LogP contribution in [-0.2, 0) is 6.18 Å². The molecule has 0 aliphatic carbocycles. The van der Waals surface area contributed by atoms with Crippen molar-refractivity contribution in [1.29, 1.82) is 0 Å². The molecule has 0 saturated carbocycles. The molecule has 19 heavy (non-hydrogen) atoms. The average molecular weight is 274 g/mol. The second kappa shape index (κ2) is 5.11. The maximum absolute atomic E-state index is 13.0. The van der Waals surface area contributed by atoms with Gasteiger partial charge >= 0.3 is 6.18 Å². The van der Waals surface area contributed by atoms with Gasteiger partial charge in [-0.25, -0.2) is 0 Å². The van der Waals surface area contributed by atoms with Gasteiger partial charge in [0.15, 0.2) is 0 Å². The molecule has 3 nitrogen and oxygen atoms in total. The first-order chi connectivity index (χ1) is 8.54. The van der Waals surface area contributed by atoms with Crippen molar-refractivity contribution in [2.24, 2.45) is 10.7 Å². The molecule has 0 amide bonds. The predicted molar refractivity (Wildman–Crippen MR) is 68.5 cm³/mol. The largest absolute Gasteiger partial charge is 0.488 e. The Kier molecular flexibility index (Phi) is 4.12. The van der Waals surface area contributed by atoms with Crippen LogP contribution in [0.4, 0.5) is 13.2 Å². The van der Waals surface area contributed by atoms with Crippen molar-refractivity contribution in [3.05, 3.63) is 29.3 Å². The first-order valence-electron chi connectivity index (χ1n) is 5.67. The van der Waals surface area contributed by atoms with E-state index in [9.17, 15) is 13.2 Å². The van der Waals surface area contributed by atoms with E-state index in [1.807, 2.05) is 0 Å². The Morgan fingerprint density at radius 1 is 1.21 bits per heavy atom. The number of ether oxygens (including phenoxy) is 1. The summed E-state index contributed by atoms with van der Waals surface area (Å²) in [6.07, 6.45) is -4.51. The van der Waals surface area contributed by atoms with E-state index in [1.54, 1.807) is 20.8 Å². The number of alkyl halides is 3. The zero-order valence-corrected chi connectivity index (χ0v) is 11.3. The van der Waals surface area contributed by atoms with Crippen molar-refractivity contribution in [2.45, 2.75) is 32.5 Å². The second-order valence-electron chi connectivity index (χ2n) is 5.03. The zero-order valence-electron chi connectivity index (χ0n) is 11.3. The number of rotatable bonds is 2. The molecular weight excluding hydrogens is 257 g/mol. The molecule has 0 aromatic heterocycles. The third-order valence-corrected chi connectivity index (χ3v) is 2.24. The molecule has 0 heterocycles. The molecule has 1 aromatic carbocycles. The highest BCUT2D eigenvalue weighted by Gasteiger charge is 2.35. The van der Waals surface area contributed by atoms with Crippen molar-refractivity contribution in [1.82, 2.24) is 0 Å². The van der Waals surface area contributed by atoms with Gasteiger partial charge in [-0.15, -0.1) is 0 Å². The number of hydrogen-bond donors (Lipinski definition) is 1. The number of nitrogens with two attached hydrogens (primary N) is 1. The second-order valence-corrected chi connectivity index (χ2v) is 5.03. The molecule has 1 aromatic rings. The molecule has 6 heteroatoms. The fourth-order valence-corrected chi connectivity index (χ4v) is 1.46. The summed E-state index contributed by atoms with van der Waals surface area (Å²) in [6.45, 7) is 5.05. The number of hydrogen-bond acceptors (Lipinski definition) is 2. The Balaban J connectivity index is 3.34. The van der Waals surface area contributed by atoms with E-state index < -0.39 is 17.3 Å². The van der Waals surface area contributed by atoms with E-state index in [1.165, 1.54) is 19.2 Å². The lowest BCUT2D eigenvalue weighted by molar-refractivity contribution is -0.139. The molecule has 0 spiro atoms. The molecule has 0 saturated heterocycles. The average Bonchev–Trinajstić information content (AvgIpc) is 2.25. The van der Waals surface area contributed by atoms with Gasteiger partial charge in [-0.1, -0.05) is 0 Å². The van der Waals surface area contributed by atoms with Gasteiger partial charge in [-0.3, -0.25) is 4.99 Å². The van der Waals surface area contributed by atoms with Crippen LogP contribution in [-0.4, -0.2) is 18.5 Å². The van der Waals surface area contributed by atoms with Crippen LogP contribution in [0.2, 0.25) is 0 Å². The van der Waals surface area contributed by atoms with Gasteiger partial charge in [-0.05, 0) is 39.0 Å². The standard InChI is InChI=1S/C13H17F3N2O/c1-12(2,3)19-10-6-5-8(11(17)18-4)7-9(10)13(14,15)16/h5-7H,1-4H3,(H2,17,18). The van der Waals surface area contributed by atoms with E-state index in [0.717, 1.165) is 6.07 Å². The number of aliphatic imine (C=N–C) groups is 1. The summed E-state index contributed by atoms with van der Waals surface area (Å²) in [5.74, 6) is -0.166. The molecule has 0 fully saturated rings. The van der Waals surface area contributed by atoms with Gasteiger partial charge < -0.3 is 10.5 Å². The number of halogens is 3. The lowest BCUT2D eigenvalue weighted by Crippen LogP contribution is -2.25. The first kappa shape index (κ1) is 15.3. The number of amidine groups is 1. The minimum atomic E-state index is -4.51. The lowest BCUT2D eigenvalue weighted by atomic mass is 10.1. The van der Waals surface area contributed by atoms with Gasteiger partial charge in [0.05, 0.1) is 5.56 Å². The van der Waals surface area contributed by atoms with Crippen LogP contribution in [0, 0.1) is 0 Å². The highest BCUT2D eigenvalue weighted by molar-refractivity contribution is 5.97. The molecule has 0 unspecified atom stereocenters. The molecule has 106 valence electrons. The fraction of sp³-hybridized carbons (Fsp3) is 0.462. The van der Waals surface area contributed by atoms with Crippen LogP contribution in [0.25, 0.3) is 0 Å². The monoisotopic (exact) mass is 274 g/mol. The van der Waals surface area contributed by atoms with E-state index >= 15 is 0 Å². The summed E-state index contributed by atoms with van der Waals surface area (Å²) in [5.41, 5.74) is 4.17. The third kappa shape index (κ3) is 4.15. The lowest BCUT2D eigenvalue weighted by Gasteiger charge is -2.24. The van der Waals surface area contributed by atoms with Crippen molar-refractivity contribution < 1.29 is 17.9 Å². The fourth-order valence-electron chi connectivity index (χ4n) is 1.46. The molecule has 0 radical (unpaired) electrons. The van der Waals surface area contributed by atoms with Gasteiger partial charge in [0.1, 0.15) is 17.2 Å². The van der Waals surface area contributed by atoms with E-state index in [-0.39, 0.29) is 17.1 Å². The summed E-state index contributed by atoms with van der Waals surface area (Å²) in [7, 11) is 1.42. The Morgan fingerprint density at radius 3 is 2.21 bits per heavy atom. The Hall–Kier alpha value is -1.72. The predicted octanol–water partition coefficient (Wildman–Crippen LogP) is 3.22. The topological polar surface area (TPSA) is 47.6 Å². The van der Waals surface area contributed by atoms with Crippen LogP contribution in [0.15, 0.2) is 23.2 Å². The third-order valence-electron chi connectivity index (χ3n) is 2.24. The smallest absolute Gasteiger partial charge is 0.419 e. The normalized spacial score (nSPS) is 13.5. The van der Waals surface area contributed by atoms with Crippen molar-refractivity contribution in [3.63, 3.8) is 0 Å². The first-order valence-corrected chi connectivity index (χ1v) is 5.67. The molecule has 1 rings (SSSR count). The summed E-state index contributed by atoms with van der Waals surface area (Å²) in [4.78, 5) is 3.67. The van der Waals surface area contributed by atoms with Crippen molar-refractivity contribution in [3.8, 4) is 5.75 Å². The summed E-state index contributed by atoms with van der Waals surface area (Å²) < 4.78 is 44.4. The molecule has 0 aliphatic rings. The van der Waals surface area contributed by atoms with Gasteiger partial charge in [0.25, 0.3) is 0 Å². The van der Waals surface area contributed by atoms with E-state index in [0.29, 0.717) is 0 Å².